The molecule has 0 atom stereocenters. The fourth-order valence-electron chi connectivity index (χ4n) is 1.89. The molecule has 0 aliphatic rings. The minimum Gasteiger partial charge on any atom is -0.449 e. The predicted octanol–water partition coefficient (Wildman–Crippen LogP) is 3.13. The first-order valence-corrected chi connectivity index (χ1v) is 6.95. The van der Waals surface area contributed by atoms with Gasteiger partial charge in [0.2, 0.25) is 5.96 Å². The molecule has 0 fully saturated rings. The van der Waals surface area contributed by atoms with Crippen LogP contribution >= 0.6 is 0 Å². The minimum absolute atomic E-state index is 0.0361. The molecule has 0 aliphatic carbocycles. The Morgan fingerprint density at radius 3 is 2.04 bits per heavy atom. The molecule has 0 spiro atoms. The second kappa shape index (κ2) is 7.43. The lowest BCUT2D eigenvalue weighted by molar-refractivity contribution is -0.138. The fraction of sp³-hybridized carbons (Fsp3) is 0.0667. The number of nitrogens with two attached hydrogens (primary N) is 3. The molecule has 144 valence electrons. The Labute approximate surface area is 148 Å². The normalized spacial score (nSPS) is 12.0. The molecule has 0 radical (unpaired) electrons. The molecular weight excluding hydrogens is 380 g/mol. The molecule has 0 aromatic heterocycles. The number of hydrogen-bond acceptors (Lipinski definition) is 2. The summed E-state index contributed by atoms with van der Waals surface area (Å²) in [6.45, 7) is 0. The van der Waals surface area contributed by atoms with Gasteiger partial charge in [0.05, 0.1) is 5.56 Å². The SMILES string of the molecule is NC(N)=NC(N)=Nc1c(F)cccc1Oc1c(F)cc(C(F)(F)F)cc1F. The number of rotatable bonds is 3. The Balaban J connectivity index is 2.51. The maximum Gasteiger partial charge on any atom is 0.416 e. The van der Waals surface area contributed by atoms with Crippen LogP contribution in [0.15, 0.2) is 40.3 Å². The maximum absolute atomic E-state index is 14.0. The highest BCUT2D eigenvalue weighted by Crippen LogP contribution is 2.38. The van der Waals surface area contributed by atoms with Gasteiger partial charge >= 0.3 is 6.18 Å². The number of halogens is 6. The van der Waals surface area contributed by atoms with Crippen LogP contribution in [-0.2, 0) is 6.18 Å². The number of guanidine groups is 2. The number of aliphatic imine (C=N–C) groups is 2. The molecule has 12 heteroatoms. The van der Waals surface area contributed by atoms with Crippen LogP contribution in [0, 0.1) is 17.5 Å². The van der Waals surface area contributed by atoms with E-state index in [9.17, 15) is 26.3 Å². The number of ether oxygens (including phenoxy) is 1. The summed E-state index contributed by atoms with van der Waals surface area (Å²) in [5, 5.41) is 0. The van der Waals surface area contributed by atoms with E-state index in [1.807, 2.05) is 0 Å². The average molecular weight is 391 g/mol. The zero-order chi connectivity index (χ0) is 20.4. The molecule has 0 heterocycles. The third-order valence-corrected chi connectivity index (χ3v) is 2.96. The van der Waals surface area contributed by atoms with Gasteiger partial charge in [-0.2, -0.15) is 18.2 Å². The summed E-state index contributed by atoms with van der Waals surface area (Å²) in [4.78, 5) is 6.87. The van der Waals surface area contributed by atoms with Crippen molar-refractivity contribution < 1.29 is 31.1 Å². The zero-order valence-electron chi connectivity index (χ0n) is 13.2. The molecule has 2 aromatic carbocycles. The topological polar surface area (TPSA) is 112 Å². The third-order valence-electron chi connectivity index (χ3n) is 2.96. The van der Waals surface area contributed by atoms with E-state index in [0.29, 0.717) is 0 Å². The Morgan fingerprint density at radius 2 is 1.52 bits per heavy atom. The molecule has 2 aromatic rings. The molecule has 0 aliphatic heterocycles. The monoisotopic (exact) mass is 391 g/mol. The molecule has 27 heavy (non-hydrogen) atoms. The number of alkyl halides is 3. The molecule has 0 saturated carbocycles. The van der Waals surface area contributed by atoms with Crippen LogP contribution in [0.4, 0.5) is 32.0 Å². The summed E-state index contributed by atoms with van der Waals surface area (Å²) in [6.07, 6.45) is -4.97. The van der Waals surface area contributed by atoms with Crippen LogP contribution < -0.4 is 21.9 Å². The number of nitrogens with zero attached hydrogens (tertiary/aromatic N) is 2. The van der Waals surface area contributed by atoms with Crippen molar-refractivity contribution in [3.8, 4) is 11.5 Å². The Kier molecular flexibility index (Phi) is 5.47. The van der Waals surface area contributed by atoms with Gasteiger partial charge in [-0.1, -0.05) is 6.07 Å². The van der Waals surface area contributed by atoms with Crippen molar-refractivity contribution in [1.29, 1.82) is 0 Å². The van der Waals surface area contributed by atoms with Crippen LogP contribution in [0.25, 0.3) is 0 Å². The van der Waals surface area contributed by atoms with Gasteiger partial charge in [-0.25, -0.2) is 18.2 Å². The highest BCUT2D eigenvalue weighted by atomic mass is 19.4. The zero-order valence-corrected chi connectivity index (χ0v) is 13.2. The second-order valence-corrected chi connectivity index (χ2v) is 4.96. The third kappa shape index (κ3) is 4.80. The fourth-order valence-corrected chi connectivity index (χ4v) is 1.89. The van der Waals surface area contributed by atoms with Crippen LogP contribution in [0.3, 0.4) is 0 Å². The highest BCUT2D eigenvalue weighted by Gasteiger charge is 2.33. The first kappa shape index (κ1) is 19.9. The number of benzene rings is 2. The molecule has 6 nitrogen and oxygen atoms in total. The van der Waals surface area contributed by atoms with Crippen molar-refractivity contribution in [3.63, 3.8) is 0 Å². The smallest absolute Gasteiger partial charge is 0.416 e. The second-order valence-electron chi connectivity index (χ2n) is 4.96. The molecule has 0 saturated heterocycles. The molecule has 0 bridgehead atoms. The molecule has 2 rings (SSSR count). The lowest BCUT2D eigenvalue weighted by atomic mass is 10.2. The summed E-state index contributed by atoms with van der Waals surface area (Å²) >= 11 is 0. The van der Waals surface area contributed by atoms with E-state index >= 15 is 0 Å². The quantitative estimate of drug-likeness (QED) is 0.424. The lowest BCUT2D eigenvalue weighted by Gasteiger charge is -2.13. The van der Waals surface area contributed by atoms with Crippen molar-refractivity contribution in [1.82, 2.24) is 0 Å². The van der Waals surface area contributed by atoms with Crippen LogP contribution in [0.2, 0.25) is 0 Å². The van der Waals surface area contributed by atoms with Crippen molar-refractivity contribution >= 4 is 17.6 Å². The van der Waals surface area contributed by atoms with Crippen LogP contribution in [0.5, 0.6) is 11.5 Å². The summed E-state index contributed by atoms with van der Waals surface area (Å²) in [5.74, 6) is -7.15. The van der Waals surface area contributed by atoms with Gasteiger partial charge in [-0.05, 0) is 24.3 Å². The summed E-state index contributed by atoms with van der Waals surface area (Å²) in [5.41, 5.74) is 13.4. The maximum atomic E-state index is 14.0. The van der Waals surface area contributed by atoms with Gasteiger partial charge in [0.15, 0.2) is 34.9 Å². The summed E-state index contributed by atoms with van der Waals surface area (Å²) in [6, 6.07) is 3.17. The van der Waals surface area contributed by atoms with E-state index in [1.54, 1.807) is 0 Å². The van der Waals surface area contributed by atoms with Crippen molar-refractivity contribution in [2.45, 2.75) is 6.18 Å². The number of para-hydroxylation sites is 1. The standard InChI is InChI=1S/C15H11F6N5O/c16-7-2-1-3-10(11(7)25-14(24)26-13(22)23)27-12-8(17)4-6(5-9(12)18)15(19,20)21/h1-5H,(H6,22,23,24,25,26). The number of hydrogen-bond donors (Lipinski definition) is 3. The van der Waals surface area contributed by atoms with E-state index in [2.05, 4.69) is 9.98 Å². The van der Waals surface area contributed by atoms with Gasteiger partial charge in [0.1, 0.15) is 5.69 Å². The lowest BCUT2D eigenvalue weighted by Crippen LogP contribution is -2.26. The van der Waals surface area contributed by atoms with Gasteiger partial charge in [-0.3, -0.25) is 0 Å². The summed E-state index contributed by atoms with van der Waals surface area (Å²) < 4.78 is 84.5. The predicted molar refractivity (Wildman–Crippen MR) is 84.9 cm³/mol. The Hall–Kier alpha value is -3.44. The van der Waals surface area contributed by atoms with Crippen molar-refractivity contribution in [2.75, 3.05) is 0 Å². The Bertz CT molecular complexity index is 898. The van der Waals surface area contributed by atoms with Gasteiger partial charge < -0.3 is 21.9 Å². The molecular formula is C15H11F6N5O. The summed E-state index contributed by atoms with van der Waals surface area (Å²) in [7, 11) is 0. The largest absolute Gasteiger partial charge is 0.449 e. The molecule has 6 N–H and O–H groups in total. The first-order chi connectivity index (χ1) is 12.5. The van der Waals surface area contributed by atoms with Gasteiger partial charge in [0.25, 0.3) is 0 Å². The van der Waals surface area contributed by atoms with Crippen molar-refractivity contribution in [2.24, 2.45) is 27.2 Å². The molecule has 0 amide bonds. The van der Waals surface area contributed by atoms with E-state index in [1.165, 1.54) is 0 Å². The van der Waals surface area contributed by atoms with Crippen LogP contribution in [0.1, 0.15) is 5.56 Å². The highest BCUT2D eigenvalue weighted by molar-refractivity contribution is 5.93. The van der Waals surface area contributed by atoms with E-state index < -0.39 is 58.3 Å². The van der Waals surface area contributed by atoms with Crippen LogP contribution in [-0.4, -0.2) is 11.9 Å². The van der Waals surface area contributed by atoms with Crippen molar-refractivity contribution in [3.05, 3.63) is 53.3 Å². The molecule has 0 unspecified atom stereocenters. The minimum atomic E-state index is -4.97. The van der Waals surface area contributed by atoms with Gasteiger partial charge in [-0.15, -0.1) is 0 Å². The van der Waals surface area contributed by atoms with E-state index in [-0.39, 0.29) is 12.1 Å². The average Bonchev–Trinajstić information content (AvgIpc) is 2.52. The van der Waals surface area contributed by atoms with E-state index in [0.717, 1.165) is 18.2 Å². The Morgan fingerprint density at radius 1 is 0.926 bits per heavy atom. The van der Waals surface area contributed by atoms with E-state index in [4.69, 9.17) is 21.9 Å². The first-order valence-electron chi connectivity index (χ1n) is 6.95. The van der Waals surface area contributed by atoms with Gasteiger partial charge in [0, 0.05) is 0 Å².